The number of hydrogen-bond donors (Lipinski definition) is 0. The average Bonchev–Trinajstić information content (AvgIpc) is 2.27. The molecule has 0 spiro atoms. The van der Waals surface area contributed by atoms with E-state index in [-0.39, 0.29) is 50.1 Å². The van der Waals surface area contributed by atoms with Crippen molar-refractivity contribution in [3.63, 3.8) is 0 Å². The second-order valence-corrected chi connectivity index (χ2v) is 3.57. The number of benzene rings is 2. The van der Waals surface area contributed by atoms with Crippen molar-refractivity contribution in [2.45, 2.75) is 19.4 Å². The average molecular weight is 411 g/mol. The van der Waals surface area contributed by atoms with Crippen LogP contribution < -0.4 is 0 Å². The first-order valence-electron chi connectivity index (χ1n) is 5.01. The van der Waals surface area contributed by atoms with Crippen LogP contribution in [0.25, 0.3) is 16.5 Å². The first-order valence-corrected chi connectivity index (χ1v) is 5.01. The molecule has 0 amide bonds. The Bertz CT molecular complexity index is 439. The van der Waals surface area contributed by atoms with Crippen LogP contribution in [0.2, 0.25) is 0 Å². The van der Waals surface area contributed by atoms with E-state index in [1.807, 2.05) is 19.1 Å². The molecule has 1 N–H and O–H groups in total. The van der Waals surface area contributed by atoms with Crippen LogP contribution in [0.5, 0.6) is 0 Å². The smallest absolute Gasteiger partial charge is 0 e. The molecule has 0 aromatic heterocycles. The Morgan fingerprint density at radius 1 is 1.07 bits per heavy atom. The summed E-state index contributed by atoms with van der Waals surface area (Å²) in [5, 5.41) is 2.48. The maximum atomic E-state index is 7.84. The van der Waals surface area contributed by atoms with Crippen molar-refractivity contribution in [3.8, 4) is 0 Å². The molecule has 75 valence electrons. The predicted octanol–water partition coefficient (Wildman–Crippen LogP) is 4.34. The van der Waals surface area contributed by atoms with Gasteiger partial charge in [-0.2, -0.15) is 0 Å². The van der Waals surface area contributed by atoms with Crippen LogP contribution in [0.3, 0.4) is 0 Å². The minimum atomic E-state index is -0.0837. The molecule has 0 bridgehead atoms. The zero-order valence-electron chi connectivity index (χ0n) is 8.90. The second kappa shape index (κ2) is 5.99. The Balaban J connectivity index is 0.00000112. The molecule has 1 unspecified atom stereocenters. The molecular weight excluding hydrogens is 397 g/mol. The summed E-state index contributed by atoms with van der Waals surface area (Å²) in [4.78, 5) is 0. The van der Waals surface area contributed by atoms with Crippen molar-refractivity contribution < 1.29 is 44.1 Å². The van der Waals surface area contributed by atoms with Gasteiger partial charge in [-0.25, -0.2) is 0 Å². The normalized spacial score (nSPS) is 12.1. The van der Waals surface area contributed by atoms with Gasteiger partial charge in [-0.15, -0.1) is 6.04 Å². The fraction of sp³-hybridized carbons (Fsp3) is 0.231. The Labute approximate surface area is 127 Å². The third kappa shape index (κ3) is 3.03. The summed E-state index contributed by atoms with van der Waals surface area (Å²) >= 11 is 0. The SMILES string of the molecule is CCC([NH-])c1ccc2ccccc2c1.[Ac]. The Hall–Kier alpha value is 0.102. The molecule has 0 saturated carbocycles. The summed E-state index contributed by atoms with van der Waals surface area (Å²) in [6.07, 6.45) is 0.873. The summed E-state index contributed by atoms with van der Waals surface area (Å²) in [6.45, 7) is 2.05. The van der Waals surface area contributed by atoms with Crippen LogP contribution in [-0.4, -0.2) is 0 Å². The zero-order chi connectivity index (χ0) is 9.97. The first kappa shape index (κ1) is 13.2. The van der Waals surface area contributed by atoms with Crippen molar-refractivity contribution >= 4 is 10.8 Å². The van der Waals surface area contributed by atoms with Crippen molar-refractivity contribution in [2.24, 2.45) is 0 Å². The van der Waals surface area contributed by atoms with Crippen molar-refractivity contribution in [1.29, 1.82) is 0 Å². The summed E-state index contributed by atoms with van der Waals surface area (Å²) in [5.74, 6) is 0. The molecule has 0 aliphatic heterocycles. The van der Waals surface area contributed by atoms with Gasteiger partial charge >= 0.3 is 0 Å². The maximum absolute atomic E-state index is 7.84. The molecular formula is C13H14AcN-. The molecule has 2 rings (SSSR count). The first-order chi connectivity index (χ1) is 6.81. The third-order valence-electron chi connectivity index (χ3n) is 2.58. The number of nitrogens with one attached hydrogen (secondary N) is 1. The molecule has 2 aromatic carbocycles. The molecule has 1 radical (unpaired) electrons. The van der Waals surface area contributed by atoms with Gasteiger partial charge in [0.05, 0.1) is 0 Å². The monoisotopic (exact) mass is 411 g/mol. The van der Waals surface area contributed by atoms with E-state index in [2.05, 4.69) is 30.3 Å². The Kier molecular flexibility index (Phi) is 5.26. The molecule has 15 heavy (non-hydrogen) atoms. The van der Waals surface area contributed by atoms with Crippen LogP contribution in [0, 0.1) is 44.1 Å². The number of rotatable bonds is 2. The molecule has 0 aliphatic carbocycles. The largest absolute Gasteiger partial charge is 0.671 e. The molecule has 2 aromatic rings. The van der Waals surface area contributed by atoms with Gasteiger partial charge in [0.2, 0.25) is 0 Å². The minimum absolute atomic E-state index is 0. The molecule has 2 heteroatoms. The maximum Gasteiger partial charge on any atom is 0 e. The third-order valence-corrected chi connectivity index (χ3v) is 2.58. The van der Waals surface area contributed by atoms with E-state index < -0.39 is 0 Å². The Morgan fingerprint density at radius 2 is 1.73 bits per heavy atom. The molecule has 1 nitrogen and oxygen atoms in total. The van der Waals surface area contributed by atoms with Crippen molar-refractivity contribution in [3.05, 3.63) is 53.8 Å². The van der Waals surface area contributed by atoms with Crippen LogP contribution in [0.15, 0.2) is 42.5 Å². The van der Waals surface area contributed by atoms with Gasteiger partial charge < -0.3 is 5.73 Å². The van der Waals surface area contributed by atoms with Crippen LogP contribution in [0.1, 0.15) is 24.9 Å². The van der Waals surface area contributed by atoms with E-state index >= 15 is 0 Å². The van der Waals surface area contributed by atoms with E-state index in [1.54, 1.807) is 0 Å². The molecule has 0 heterocycles. The van der Waals surface area contributed by atoms with Gasteiger partial charge in [0.1, 0.15) is 0 Å². The quantitative estimate of drug-likeness (QED) is 0.702. The summed E-state index contributed by atoms with van der Waals surface area (Å²) in [6, 6.07) is 14.5. The Morgan fingerprint density at radius 3 is 2.40 bits per heavy atom. The molecule has 0 fully saturated rings. The summed E-state index contributed by atoms with van der Waals surface area (Å²) in [5.41, 5.74) is 8.95. The van der Waals surface area contributed by atoms with Gasteiger partial charge in [-0.1, -0.05) is 61.4 Å². The van der Waals surface area contributed by atoms with E-state index in [0.29, 0.717) is 0 Å². The topological polar surface area (TPSA) is 23.8 Å². The van der Waals surface area contributed by atoms with E-state index in [4.69, 9.17) is 5.73 Å². The predicted molar refractivity (Wildman–Crippen MR) is 61.3 cm³/mol. The van der Waals surface area contributed by atoms with E-state index in [0.717, 1.165) is 12.0 Å². The van der Waals surface area contributed by atoms with Crippen molar-refractivity contribution in [1.82, 2.24) is 0 Å². The fourth-order valence-electron chi connectivity index (χ4n) is 1.66. The van der Waals surface area contributed by atoms with Gasteiger partial charge in [0, 0.05) is 44.1 Å². The standard InChI is InChI=1S/C13H14N.Ac/c1-2-13(14)12-8-7-10-5-3-4-6-11(10)9-12;/h3-9,13-14H,2H2,1H3;/q-1;. The van der Waals surface area contributed by atoms with Crippen LogP contribution in [0.4, 0.5) is 0 Å². The second-order valence-electron chi connectivity index (χ2n) is 3.57. The van der Waals surface area contributed by atoms with Crippen LogP contribution >= 0.6 is 0 Å². The fourth-order valence-corrected chi connectivity index (χ4v) is 1.66. The zero-order valence-corrected chi connectivity index (χ0v) is 13.6. The van der Waals surface area contributed by atoms with Crippen molar-refractivity contribution in [2.75, 3.05) is 0 Å². The number of fused-ring (bicyclic) bond motifs is 1. The van der Waals surface area contributed by atoms with E-state index in [1.165, 1.54) is 10.8 Å². The van der Waals surface area contributed by atoms with Gasteiger partial charge in [-0.05, 0) is 10.8 Å². The molecule has 0 saturated heterocycles. The molecule has 0 aliphatic rings. The summed E-state index contributed by atoms with van der Waals surface area (Å²) < 4.78 is 0. The molecule has 1 atom stereocenters. The van der Waals surface area contributed by atoms with Gasteiger partial charge in [-0.3, -0.25) is 0 Å². The number of hydrogen-bond acceptors (Lipinski definition) is 0. The summed E-state index contributed by atoms with van der Waals surface area (Å²) in [7, 11) is 0. The van der Waals surface area contributed by atoms with Gasteiger partial charge in [0.15, 0.2) is 0 Å². The minimum Gasteiger partial charge on any atom is -0.671 e. The van der Waals surface area contributed by atoms with Gasteiger partial charge in [0.25, 0.3) is 0 Å². The van der Waals surface area contributed by atoms with E-state index in [9.17, 15) is 0 Å². The van der Waals surface area contributed by atoms with Crippen LogP contribution in [-0.2, 0) is 0 Å².